The molecule has 1 aromatic heterocycles. The fourth-order valence-corrected chi connectivity index (χ4v) is 3.03. The molecule has 0 fully saturated rings. The van der Waals surface area contributed by atoms with Gasteiger partial charge in [-0.05, 0) is 24.3 Å². The number of hydrogen-bond donors (Lipinski definition) is 0. The first-order valence-corrected chi connectivity index (χ1v) is 8.67. The Morgan fingerprint density at radius 3 is 1.95 bits per heavy atom. The Morgan fingerprint density at radius 2 is 1.50 bits per heavy atom. The summed E-state index contributed by atoms with van der Waals surface area (Å²) in [6.45, 7) is 8.12. The number of rotatable bonds is 12. The summed E-state index contributed by atoms with van der Waals surface area (Å²) in [6.07, 6.45) is 17.6. The normalized spacial score (nSPS) is 11.9. The third-order valence-corrected chi connectivity index (χ3v) is 4.37. The number of unbranched alkanes of at least 4 members (excludes halogenated alkanes) is 6. The predicted molar refractivity (Wildman–Crippen MR) is 87.9 cm³/mol. The van der Waals surface area contributed by atoms with Crippen LogP contribution in [-0.4, -0.2) is 9.78 Å². The van der Waals surface area contributed by atoms with Crippen LogP contribution in [0.3, 0.4) is 0 Å². The van der Waals surface area contributed by atoms with Gasteiger partial charge < -0.3 is 0 Å². The van der Waals surface area contributed by atoms with Crippen molar-refractivity contribution in [3.8, 4) is 0 Å². The van der Waals surface area contributed by atoms with E-state index in [1.807, 2.05) is 12.3 Å². The van der Waals surface area contributed by atoms with Crippen molar-refractivity contribution in [3.05, 3.63) is 18.5 Å². The van der Waals surface area contributed by atoms with Crippen LogP contribution in [0, 0.1) is 5.41 Å². The van der Waals surface area contributed by atoms with E-state index in [-0.39, 0.29) is 0 Å². The quantitative estimate of drug-likeness (QED) is 0.440. The van der Waals surface area contributed by atoms with E-state index in [4.69, 9.17) is 0 Å². The molecule has 0 aromatic carbocycles. The standard InChI is InChI=1S/C18H34N2/c1-4-6-8-10-13-18(3,14-11-9-7-5-2)17-20-16-12-15-19-20/h12,15-16H,4-11,13-14,17H2,1-3H3. The van der Waals surface area contributed by atoms with Crippen LogP contribution in [0.15, 0.2) is 18.5 Å². The Kier molecular flexibility index (Phi) is 8.64. The monoisotopic (exact) mass is 278 g/mol. The van der Waals surface area contributed by atoms with E-state index in [0.29, 0.717) is 5.41 Å². The van der Waals surface area contributed by atoms with Crippen molar-refractivity contribution in [2.75, 3.05) is 0 Å². The minimum absolute atomic E-state index is 0.424. The van der Waals surface area contributed by atoms with Gasteiger partial charge in [-0.25, -0.2) is 0 Å². The van der Waals surface area contributed by atoms with Crippen LogP contribution < -0.4 is 0 Å². The Bertz CT molecular complexity index is 304. The highest BCUT2D eigenvalue weighted by Gasteiger charge is 2.24. The molecule has 2 nitrogen and oxygen atoms in total. The van der Waals surface area contributed by atoms with Crippen LogP contribution in [0.4, 0.5) is 0 Å². The molecule has 0 saturated heterocycles. The molecule has 0 aliphatic heterocycles. The summed E-state index contributed by atoms with van der Waals surface area (Å²) in [5.41, 5.74) is 0.424. The van der Waals surface area contributed by atoms with Crippen molar-refractivity contribution < 1.29 is 0 Å². The van der Waals surface area contributed by atoms with Crippen molar-refractivity contribution in [1.82, 2.24) is 9.78 Å². The molecule has 0 bridgehead atoms. The second-order valence-electron chi connectivity index (χ2n) is 6.64. The predicted octanol–water partition coefficient (Wildman–Crippen LogP) is 5.83. The van der Waals surface area contributed by atoms with Crippen LogP contribution in [0.25, 0.3) is 0 Å². The zero-order valence-corrected chi connectivity index (χ0v) is 13.9. The molecule has 20 heavy (non-hydrogen) atoms. The van der Waals surface area contributed by atoms with Gasteiger partial charge in [-0.15, -0.1) is 0 Å². The van der Waals surface area contributed by atoms with Crippen molar-refractivity contribution in [3.63, 3.8) is 0 Å². The van der Waals surface area contributed by atoms with Crippen LogP contribution in [0.5, 0.6) is 0 Å². The topological polar surface area (TPSA) is 17.8 Å². The summed E-state index contributed by atoms with van der Waals surface area (Å²) in [7, 11) is 0. The maximum Gasteiger partial charge on any atom is 0.0489 e. The molecule has 0 spiro atoms. The molecule has 0 amide bonds. The van der Waals surface area contributed by atoms with Gasteiger partial charge in [-0.1, -0.05) is 72.1 Å². The Hall–Kier alpha value is -0.790. The van der Waals surface area contributed by atoms with Gasteiger partial charge in [-0.2, -0.15) is 5.10 Å². The average Bonchev–Trinajstić information content (AvgIpc) is 2.93. The van der Waals surface area contributed by atoms with Crippen molar-refractivity contribution in [2.24, 2.45) is 5.41 Å². The lowest BCUT2D eigenvalue weighted by Gasteiger charge is -2.30. The Morgan fingerprint density at radius 1 is 0.900 bits per heavy atom. The van der Waals surface area contributed by atoms with Gasteiger partial charge in [0.2, 0.25) is 0 Å². The highest BCUT2D eigenvalue weighted by Crippen LogP contribution is 2.33. The second kappa shape index (κ2) is 10.0. The zero-order valence-electron chi connectivity index (χ0n) is 13.9. The molecule has 0 aliphatic rings. The van der Waals surface area contributed by atoms with Gasteiger partial charge in [-0.3, -0.25) is 4.68 Å². The van der Waals surface area contributed by atoms with Gasteiger partial charge in [0, 0.05) is 18.9 Å². The highest BCUT2D eigenvalue weighted by atomic mass is 15.3. The van der Waals surface area contributed by atoms with Gasteiger partial charge in [0.1, 0.15) is 0 Å². The van der Waals surface area contributed by atoms with Crippen molar-refractivity contribution in [2.45, 2.75) is 91.5 Å². The lowest BCUT2D eigenvalue weighted by molar-refractivity contribution is 0.203. The van der Waals surface area contributed by atoms with Gasteiger partial charge in [0.05, 0.1) is 0 Å². The van der Waals surface area contributed by atoms with Gasteiger partial charge in [0.15, 0.2) is 0 Å². The van der Waals surface area contributed by atoms with Crippen molar-refractivity contribution >= 4 is 0 Å². The van der Waals surface area contributed by atoms with E-state index in [1.54, 1.807) is 0 Å². The molecule has 1 aromatic rings. The molecule has 0 N–H and O–H groups in total. The minimum Gasteiger partial charge on any atom is -0.272 e. The molecule has 1 heterocycles. The molecular formula is C18H34N2. The van der Waals surface area contributed by atoms with Crippen LogP contribution in [0.1, 0.15) is 85.0 Å². The number of aromatic nitrogens is 2. The molecule has 0 saturated carbocycles. The maximum absolute atomic E-state index is 4.41. The second-order valence-corrected chi connectivity index (χ2v) is 6.64. The first-order valence-electron chi connectivity index (χ1n) is 8.67. The summed E-state index contributed by atoms with van der Waals surface area (Å²) in [5.74, 6) is 0. The first-order chi connectivity index (χ1) is 9.70. The van der Waals surface area contributed by atoms with Crippen molar-refractivity contribution in [1.29, 1.82) is 0 Å². The fourth-order valence-electron chi connectivity index (χ4n) is 3.03. The lowest BCUT2D eigenvalue weighted by Crippen LogP contribution is -2.24. The Labute approximate surface area is 126 Å². The van der Waals surface area contributed by atoms with E-state index < -0.39 is 0 Å². The summed E-state index contributed by atoms with van der Waals surface area (Å²) < 4.78 is 2.12. The molecule has 116 valence electrons. The molecule has 0 unspecified atom stereocenters. The third kappa shape index (κ3) is 7.12. The molecular weight excluding hydrogens is 244 g/mol. The molecule has 2 heteroatoms. The first kappa shape index (κ1) is 17.3. The summed E-state index contributed by atoms with van der Waals surface area (Å²) in [5, 5.41) is 4.41. The summed E-state index contributed by atoms with van der Waals surface area (Å²) >= 11 is 0. The Balaban J connectivity index is 2.43. The van der Waals surface area contributed by atoms with E-state index >= 15 is 0 Å². The summed E-state index contributed by atoms with van der Waals surface area (Å²) in [4.78, 5) is 0. The zero-order chi connectivity index (χ0) is 14.7. The lowest BCUT2D eigenvalue weighted by atomic mass is 9.79. The smallest absolute Gasteiger partial charge is 0.0489 e. The number of nitrogens with zero attached hydrogens (tertiary/aromatic N) is 2. The number of hydrogen-bond acceptors (Lipinski definition) is 1. The van der Waals surface area contributed by atoms with Crippen LogP contribution in [0.2, 0.25) is 0 Å². The summed E-state index contributed by atoms with van der Waals surface area (Å²) in [6, 6.07) is 2.04. The van der Waals surface area contributed by atoms with Crippen LogP contribution in [-0.2, 0) is 6.54 Å². The van der Waals surface area contributed by atoms with Crippen LogP contribution >= 0.6 is 0 Å². The highest BCUT2D eigenvalue weighted by molar-refractivity contribution is 4.82. The van der Waals surface area contributed by atoms with Gasteiger partial charge in [0.25, 0.3) is 0 Å². The maximum atomic E-state index is 4.41. The largest absolute Gasteiger partial charge is 0.272 e. The molecule has 0 aliphatic carbocycles. The van der Waals surface area contributed by atoms with E-state index in [2.05, 4.69) is 36.7 Å². The van der Waals surface area contributed by atoms with E-state index in [1.165, 1.54) is 64.2 Å². The van der Waals surface area contributed by atoms with E-state index in [9.17, 15) is 0 Å². The SMILES string of the molecule is CCCCCCC(C)(CCCCCC)Cn1cccn1. The third-order valence-electron chi connectivity index (χ3n) is 4.37. The minimum atomic E-state index is 0.424. The molecule has 1 rings (SSSR count). The van der Waals surface area contributed by atoms with Gasteiger partial charge >= 0.3 is 0 Å². The van der Waals surface area contributed by atoms with E-state index in [0.717, 1.165) is 6.54 Å². The molecule has 0 atom stereocenters. The fraction of sp³-hybridized carbons (Fsp3) is 0.833. The molecule has 0 radical (unpaired) electrons. The average molecular weight is 278 g/mol.